The molecular formula is C27H26F4N4. The smallest absolute Gasteiger partial charge is 0.369 e. The highest BCUT2D eigenvalue weighted by Crippen LogP contribution is 2.37. The lowest BCUT2D eigenvalue weighted by molar-refractivity contribution is -0.137. The van der Waals surface area contributed by atoms with Crippen molar-refractivity contribution in [1.29, 1.82) is 0 Å². The lowest BCUT2D eigenvalue weighted by Gasteiger charge is -2.15. The molecule has 0 amide bonds. The number of nitrogens with zero attached hydrogens (tertiary/aromatic N) is 3. The van der Waals surface area contributed by atoms with E-state index in [1.165, 1.54) is 24.3 Å². The second kappa shape index (κ2) is 10.00. The molecule has 1 N–H and O–H groups in total. The van der Waals surface area contributed by atoms with Gasteiger partial charge in [0.1, 0.15) is 11.6 Å². The number of halogens is 4. The van der Waals surface area contributed by atoms with Gasteiger partial charge in [0.05, 0.1) is 11.1 Å². The fourth-order valence-corrected chi connectivity index (χ4v) is 3.93. The Morgan fingerprint density at radius 3 is 2.37 bits per heavy atom. The Morgan fingerprint density at radius 2 is 1.66 bits per heavy atom. The van der Waals surface area contributed by atoms with Crippen LogP contribution in [0.5, 0.6) is 0 Å². The van der Waals surface area contributed by atoms with Gasteiger partial charge in [-0.15, -0.1) is 0 Å². The van der Waals surface area contributed by atoms with E-state index in [-0.39, 0.29) is 22.5 Å². The highest BCUT2D eigenvalue weighted by atomic mass is 19.4. The van der Waals surface area contributed by atoms with Gasteiger partial charge in [0.15, 0.2) is 5.82 Å². The third-order valence-electron chi connectivity index (χ3n) is 5.71. The number of aromatic nitrogens is 2. The summed E-state index contributed by atoms with van der Waals surface area (Å²) in [4.78, 5) is 11.3. The highest BCUT2D eigenvalue weighted by molar-refractivity contribution is 5.92. The van der Waals surface area contributed by atoms with Crippen LogP contribution in [0.2, 0.25) is 0 Å². The molecule has 4 aromatic rings. The summed E-state index contributed by atoms with van der Waals surface area (Å²) in [5, 5.41) is 4.11. The standard InChI is InChI=1S/C27H26F4N4/c1-17-8-6-10-22-24(17)33-25(34-26(22)32-12-7-13-35(2)3)19-14-18(15-20(16-19)27(29,30)31)21-9-4-5-11-23(21)28/h4-6,8-11,14-16H,7,12-13H2,1-3H3,(H,32,33,34). The van der Waals surface area contributed by atoms with E-state index in [4.69, 9.17) is 0 Å². The summed E-state index contributed by atoms with van der Waals surface area (Å²) in [6.45, 7) is 3.41. The first kappa shape index (κ1) is 24.6. The molecule has 0 unspecified atom stereocenters. The van der Waals surface area contributed by atoms with Gasteiger partial charge in [0.25, 0.3) is 0 Å². The Hall–Kier alpha value is -3.52. The summed E-state index contributed by atoms with van der Waals surface area (Å²) >= 11 is 0. The monoisotopic (exact) mass is 482 g/mol. The van der Waals surface area contributed by atoms with E-state index >= 15 is 0 Å². The molecule has 0 saturated carbocycles. The van der Waals surface area contributed by atoms with Crippen molar-refractivity contribution in [2.75, 3.05) is 32.5 Å². The van der Waals surface area contributed by atoms with Crippen LogP contribution in [0.3, 0.4) is 0 Å². The van der Waals surface area contributed by atoms with Gasteiger partial charge in [-0.2, -0.15) is 13.2 Å². The van der Waals surface area contributed by atoms with Crippen molar-refractivity contribution in [3.63, 3.8) is 0 Å². The zero-order chi connectivity index (χ0) is 25.2. The van der Waals surface area contributed by atoms with Crippen LogP contribution >= 0.6 is 0 Å². The molecule has 0 aliphatic heterocycles. The van der Waals surface area contributed by atoms with Crippen LogP contribution in [0.4, 0.5) is 23.4 Å². The van der Waals surface area contributed by atoms with Crippen LogP contribution in [0, 0.1) is 12.7 Å². The van der Waals surface area contributed by atoms with E-state index in [2.05, 4.69) is 20.2 Å². The SMILES string of the molecule is Cc1cccc2c(NCCCN(C)C)nc(-c3cc(-c4ccccc4F)cc(C(F)(F)F)c3)nc12. The molecule has 3 aromatic carbocycles. The zero-order valence-electron chi connectivity index (χ0n) is 19.7. The lowest BCUT2D eigenvalue weighted by atomic mass is 9.98. The van der Waals surface area contributed by atoms with Gasteiger partial charge in [-0.3, -0.25) is 0 Å². The predicted octanol–water partition coefficient (Wildman–Crippen LogP) is 6.79. The number of aryl methyl sites for hydroxylation is 1. The molecule has 0 aliphatic rings. The minimum Gasteiger partial charge on any atom is -0.369 e. The molecule has 182 valence electrons. The summed E-state index contributed by atoms with van der Waals surface area (Å²) in [6.07, 6.45) is -3.75. The van der Waals surface area contributed by atoms with E-state index in [1.807, 2.05) is 39.2 Å². The Balaban J connectivity index is 1.87. The fraction of sp³-hybridized carbons (Fsp3) is 0.259. The lowest BCUT2D eigenvalue weighted by Crippen LogP contribution is -2.17. The van der Waals surface area contributed by atoms with Crippen molar-refractivity contribution in [3.05, 3.63) is 77.6 Å². The minimum atomic E-state index is -4.62. The second-order valence-corrected chi connectivity index (χ2v) is 8.73. The Labute approximate surface area is 201 Å². The van der Waals surface area contributed by atoms with Gasteiger partial charge in [0.2, 0.25) is 0 Å². The molecule has 0 atom stereocenters. The molecule has 0 fully saturated rings. The number of alkyl halides is 3. The number of nitrogens with one attached hydrogen (secondary N) is 1. The van der Waals surface area contributed by atoms with Gasteiger partial charge in [-0.25, -0.2) is 14.4 Å². The van der Waals surface area contributed by atoms with Crippen LogP contribution in [0.15, 0.2) is 60.7 Å². The summed E-state index contributed by atoms with van der Waals surface area (Å²) in [6, 6.07) is 14.9. The summed E-state index contributed by atoms with van der Waals surface area (Å²) < 4.78 is 55.9. The van der Waals surface area contributed by atoms with Gasteiger partial charge in [0, 0.05) is 23.1 Å². The molecule has 4 rings (SSSR count). The largest absolute Gasteiger partial charge is 0.416 e. The van der Waals surface area contributed by atoms with Gasteiger partial charge in [-0.05, 0) is 75.4 Å². The Kier molecular flexibility index (Phi) is 7.03. The maximum atomic E-state index is 14.5. The summed E-state index contributed by atoms with van der Waals surface area (Å²) in [5.74, 6) is 0.0965. The average molecular weight is 483 g/mol. The summed E-state index contributed by atoms with van der Waals surface area (Å²) in [5.41, 5.74) is 1.00. The van der Waals surface area contributed by atoms with E-state index in [0.717, 1.165) is 36.0 Å². The van der Waals surface area contributed by atoms with Crippen molar-refractivity contribution < 1.29 is 17.6 Å². The maximum Gasteiger partial charge on any atom is 0.416 e. The zero-order valence-corrected chi connectivity index (χ0v) is 19.7. The van der Waals surface area contributed by atoms with Crippen molar-refractivity contribution in [1.82, 2.24) is 14.9 Å². The molecule has 35 heavy (non-hydrogen) atoms. The van der Waals surface area contributed by atoms with Crippen LogP contribution in [-0.4, -0.2) is 42.1 Å². The number of hydrogen-bond donors (Lipinski definition) is 1. The molecule has 0 saturated heterocycles. The van der Waals surface area contributed by atoms with Gasteiger partial charge in [-0.1, -0.05) is 30.3 Å². The van der Waals surface area contributed by atoms with Crippen molar-refractivity contribution in [3.8, 4) is 22.5 Å². The Bertz CT molecular complexity index is 1350. The quantitative estimate of drug-likeness (QED) is 0.233. The van der Waals surface area contributed by atoms with Crippen molar-refractivity contribution in [2.24, 2.45) is 0 Å². The number of fused-ring (bicyclic) bond motifs is 1. The first-order valence-corrected chi connectivity index (χ1v) is 11.3. The average Bonchev–Trinajstić information content (AvgIpc) is 2.81. The number of para-hydroxylation sites is 1. The van der Waals surface area contributed by atoms with Crippen molar-refractivity contribution in [2.45, 2.75) is 19.5 Å². The van der Waals surface area contributed by atoms with Crippen molar-refractivity contribution >= 4 is 16.7 Å². The molecule has 4 nitrogen and oxygen atoms in total. The number of anilines is 1. The third kappa shape index (κ3) is 5.59. The molecule has 1 aromatic heterocycles. The molecule has 8 heteroatoms. The van der Waals surface area contributed by atoms with Gasteiger partial charge < -0.3 is 10.2 Å². The normalized spacial score (nSPS) is 11.9. The maximum absolute atomic E-state index is 14.5. The third-order valence-corrected chi connectivity index (χ3v) is 5.71. The van der Waals surface area contributed by atoms with Crippen LogP contribution in [-0.2, 0) is 6.18 Å². The van der Waals surface area contributed by atoms with Crippen LogP contribution in [0.1, 0.15) is 17.5 Å². The fourth-order valence-electron chi connectivity index (χ4n) is 3.93. The van der Waals surface area contributed by atoms with E-state index < -0.39 is 17.6 Å². The molecule has 1 heterocycles. The van der Waals surface area contributed by atoms with E-state index in [1.54, 1.807) is 6.07 Å². The highest BCUT2D eigenvalue weighted by Gasteiger charge is 2.32. The first-order chi connectivity index (χ1) is 16.6. The van der Waals surface area contributed by atoms with Crippen LogP contribution < -0.4 is 5.32 Å². The van der Waals surface area contributed by atoms with Gasteiger partial charge >= 0.3 is 6.18 Å². The predicted molar refractivity (Wildman–Crippen MR) is 132 cm³/mol. The molecular weight excluding hydrogens is 456 g/mol. The summed E-state index contributed by atoms with van der Waals surface area (Å²) in [7, 11) is 3.98. The first-order valence-electron chi connectivity index (χ1n) is 11.3. The number of hydrogen-bond acceptors (Lipinski definition) is 4. The topological polar surface area (TPSA) is 41.0 Å². The molecule has 0 spiro atoms. The number of rotatable bonds is 7. The number of benzene rings is 3. The minimum absolute atomic E-state index is 0.0823. The molecule has 0 aliphatic carbocycles. The second-order valence-electron chi connectivity index (χ2n) is 8.73. The van der Waals surface area contributed by atoms with E-state index in [9.17, 15) is 17.6 Å². The Morgan fingerprint density at radius 1 is 0.914 bits per heavy atom. The van der Waals surface area contributed by atoms with Crippen LogP contribution in [0.25, 0.3) is 33.4 Å². The molecule has 0 radical (unpaired) electrons. The molecule has 0 bridgehead atoms. The van der Waals surface area contributed by atoms with E-state index in [0.29, 0.717) is 17.9 Å².